The van der Waals surface area contributed by atoms with Crippen molar-refractivity contribution in [2.45, 2.75) is 19.0 Å². The van der Waals surface area contributed by atoms with Crippen molar-refractivity contribution in [3.05, 3.63) is 71.6 Å². The van der Waals surface area contributed by atoms with Gasteiger partial charge in [0.15, 0.2) is 0 Å². The second-order valence-corrected chi connectivity index (χ2v) is 6.64. The lowest BCUT2D eigenvalue weighted by atomic mass is 9.99. The van der Waals surface area contributed by atoms with Crippen LogP contribution in [0.2, 0.25) is 0 Å². The van der Waals surface area contributed by atoms with Gasteiger partial charge >= 0.3 is 6.55 Å². The highest BCUT2D eigenvalue weighted by Gasteiger charge is 2.37. The summed E-state index contributed by atoms with van der Waals surface area (Å²) < 4.78 is 41.9. The van der Waals surface area contributed by atoms with E-state index in [0.717, 1.165) is 11.9 Å². The molecule has 4 aromatic heterocycles. The van der Waals surface area contributed by atoms with Gasteiger partial charge in [-0.2, -0.15) is 23.7 Å². The number of aromatic nitrogens is 6. The van der Waals surface area contributed by atoms with E-state index in [0.29, 0.717) is 28.0 Å². The van der Waals surface area contributed by atoms with Gasteiger partial charge in [-0.25, -0.2) is 13.9 Å². The Labute approximate surface area is 161 Å². The van der Waals surface area contributed by atoms with E-state index in [1.54, 1.807) is 6.07 Å². The average Bonchev–Trinajstić information content (AvgIpc) is 3.43. The first-order chi connectivity index (χ1) is 14.0. The molecule has 1 amide bonds. The molecule has 4 aromatic rings. The van der Waals surface area contributed by atoms with E-state index >= 15 is 0 Å². The van der Waals surface area contributed by atoms with Gasteiger partial charge in [0.05, 0.1) is 23.2 Å². The molecule has 0 radical (unpaired) electrons. The van der Waals surface area contributed by atoms with Crippen LogP contribution in [0.5, 0.6) is 0 Å². The maximum Gasteiger partial charge on any atom is 0.333 e. The number of pyridine rings is 1. The highest BCUT2D eigenvalue weighted by Crippen LogP contribution is 2.34. The molecule has 8 nitrogen and oxygen atoms in total. The topological polar surface area (TPSA) is 84.1 Å². The molecule has 0 saturated carbocycles. The number of nitrogens with one attached hydrogen (secondary N) is 1. The molecular weight excluding hydrogens is 387 g/mol. The number of carbonyl (C=O) groups excluding carboxylic acids is 1. The zero-order valence-electron chi connectivity index (χ0n) is 14.8. The number of carbonyl (C=O) groups is 1. The van der Waals surface area contributed by atoms with Crippen molar-refractivity contribution < 1.29 is 18.0 Å². The number of amides is 1. The third-order valence-corrected chi connectivity index (χ3v) is 4.98. The fraction of sp³-hybridized carbons (Fsp3) is 0.222. The van der Waals surface area contributed by atoms with Crippen LogP contribution in [0, 0.1) is 5.82 Å². The van der Waals surface area contributed by atoms with Gasteiger partial charge in [-0.3, -0.25) is 4.79 Å². The van der Waals surface area contributed by atoms with E-state index in [1.165, 1.54) is 40.1 Å². The molecule has 0 aromatic carbocycles. The highest BCUT2D eigenvalue weighted by atomic mass is 19.3. The molecule has 0 fully saturated rings. The predicted octanol–water partition coefficient (Wildman–Crippen LogP) is 2.58. The SMILES string of the molecule is O=C(c1ccnn1C(F)F)N1CCc2[nH]cnc2C1c1cc2cc(F)ccn2n1. The van der Waals surface area contributed by atoms with Crippen molar-refractivity contribution in [2.24, 2.45) is 0 Å². The second kappa shape index (κ2) is 6.47. The fourth-order valence-electron chi connectivity index (χ4n) is 3.70. The van der Waals surface area contributed by atoms with Crippen molar-refractivity contribution in [1.29, 1.82) is 0 Å². The van der Waals surface area contributed by atoms with Crippen molar-refractivity contribution in [3.63, 3.8) is 0 Å². The van der Waals surface area contributed by atoms with E-state index in [4.69, 9.17) is 0 Å². The maximum absolute atomic E-state index is 13.6. The van der Waals surface area contributed by atoms with E-state index in [-0.39, 0.29) is 12.2 Å². The smallest absolute Gasteiger partial charge is 0.333 e. The second-order valence-electron chi connectivity index (χ2n) is 6.64. The fourth-order valence-corrected chi connectivity index (χ4v) is 3.70. The first-order valence-corrected chi connectivity index (χ1v) is 8.82. The van der Waals surface area contributed by atoms with E-state index < -0.39 is 24.3 Å². The molecule has 0 spiro atoms. The molecule has 1 aliphatic heterocycles. The Morgan fingerprint density at radius 1 is 1.28 bits per heavy atom. The van der Waals surface area contributed by atoms with Crippen LogP contribution in [-0.2, 0) is 6.42 Å². The summed E-state index contributed by atoms with van der Waals surface area (Å²) in [6.45, 7) is -2.67. The number of fused-ring (bicyclic) bond motifs is 2. The highest BCUT2D eigenvalue weighted by molar-refractivity contribution is 5.93. The summed E-state index contributed by atoms with van der Waals surface area (Å²) in [5.74, 6) is -1.02. The van der Waals surface area contributed by atoms with Crippen LogP contribution in [0.25, 0.3) is 5.52 Å². The van der Waals surface area contributed by atoms with Crippen LogP contribution in [0.1, 0.15) is 40.2 Å². The first-order valence-electron chi connectivity index (χ1n) is 8.82. The summed E-state index contributed by atoms with van der Waals surface area (Å²) in [6, 6.07) is 4.80. The Balaban J connectivity index is 1.62. The van der Waals surface area contributed by atoms with Gasteiger partial charge in [0.2, 0.25) is 0 Å². The molecule has 1 aliphatic rings. The minimum Gasteiger partial charge on any atom is -0.348 e. The molecular formula is C18H14F3N7O. The number of nitrogens with zero attached hydrogens (tertiary/aromatic N) is 6. The lowest BCUT2D eigenvalue weighted by molar-refractivity contribution is 0.0441. The van der Waals surface area contributed by atoms with Crippen molar-refractivity contribution in [2.75, 3.05) is 6.54 Å². The third-order valence-electron chi connectivity index (χ3n) is 4.98. The van der Waals surface area contributed by atoms with Crippen LogP contribution >= 0.6 is 0 Å². The van der Waals surface area contributed by atoms with E-state index in [9.17, 15) is 18.0 Å². The molecule has 0 bridgehead atoms. The molecule has 5 heterocycles. The van der Waals surface area contributed by atoms with Crippen LogP contribution in [0.4, 0.5) is 13.2 Å². The zero-order chi connectivity index (χ0) is 20.1. The molecule has 11 heteroatoms. The van der Waals surface area contributed by atoms with Gasteiger partial charge in [-0.05, 0) is 24.3 Å². The van der Waals surface area contributed by atoms with Crippen molar-refractivity contribution in [1.82, 2.24) is 34.3 Å². The Bertz CT molecular complexity index is 1210. The molecule has 29 heavy (non-hydrogen) atoms. The molecule has 1 unspecified atom stereocenters. The van der Waals surface area contributed by atoms with Gasteiger partial charge in [-0.15, -0.1) is 0 Å². The van der Waals surface area contributed by atoms with Gasteiger partial charge in [0, 0.05) is 31.1 Å². The van der Waals surface area contributed by atoms with E-state index in [2.05, 4.69) is 20.2 Å². The minimum atomic E-state index is -2.94. The number of halogens is 3. The summed E-state index contributed by atoms with van der Waals surface area (Å²) in [6.07, 6.45) is 4.64. The Kier molecular flexibility index (Phi) is 3.89. The van der Waals surface area contributed by atoms with Crippen LogP contribution in [0.3, 0.4) is 0 Å². The molecule has 148 valence electrons. The van der Waals surface area contributed by atoms with Crippen LogP contribution < -0.4 is 0 Å². The van der Waals surface area contributed by atoms with Gasteiger partial charge in [0.1, 0.15) is 17.6 Å². The molecule has 1 atom stereocenters. The van der Waals surface area contributed by atoms with Crippen molar-refractivity contribution >= 4 is 11.4 Å². The largest absolute Gasteiger partial charge is 0.348 e. The molecule has 1 N–H and O–H groups in total. The summed E-state index contributed by atoms with van der Waals surface area (Å²) in [5, 5.41) is 8.00. The molecule has 5 rings (SSSR count). The van der Waals surface area contributed by atoms with Gasteiger partial charge < -0.3 is 9.88 Å². The summed E-state index contributed by atoms with van der Waals surface area (Å²) in [5.41, 5.74) is 2.16. The van der Waals surface area contributed by atoms with Crippen LogP contribution in [-0.4, -0.2) is 46.7 Å². The quantitative estimate of drug-likeness (QED) is 0.572. The van der Waals surface area contributed by atoms with Crippen molar-refractivity contribution in [3.8, 4) is 0 Å². The number of hydrogen-bond donors (Lipinski definition) is 1. The normalized spacial score (nSPS) is 16.6. The number of rotatable bonds is 3. The number of alkyl halides is 2. The Morgan fingerprint density at radius 2 is 2.14 bits per heavy atom. The minimum absolute atomic E-state index is 0.223. The number of hydrogen-bond acceptors (Lipinski definition) is 4. The van der Waals surface area contributed by atoms with Gasteiger partial charge in [0.25, 0.3) is 5.91 Å². The monoisotopic (exact) mass is 401 g/mol. The standard InChI is InChI=1S/C18H14F3N7O/c19-10-2-6-27-11(7-10)8-13(25-27)16-15-12(22-9-23-15)3-5-26(16)17(29)14-1-4-24-28(14)18(20)21/h1-2,4,6-9,16,18H,3,5H2,(H,22,23). The number of imidazole rings is 1. The Morgan fingerprint density at radius 3 is 2.97 bits per heavy atom. The lowest BCUT2D eigenvalue weighted by Crippen LogP contribution is -2.41. The summed E-state index contributed by atoms with van der Waals surface area (Å²) in [4.78, 5) is 22.0. The summed E-state index contributed by atoms with van der Waals surface area (Å²) in [7, 11) is 0. The summed E-state index contributed by atoms with van der Waals surface area (Å²) >= 11 is 0. The molecule has 0 saturated heterocycles. The average molecular weight is 401 g/mol. The zero-order valence-corrected chi connectivity index (χ0v) is 14.8. The van der Waals surface area contributed by atoms with E-state index in [1.807, 2.05) is 0 Å². The maximum atomic E-state index is 13.6. The lowest BCUT2D eigenvalue weighted by Gasteiger charge is -2.33. The Hall–Kier alpha value is -3.63. The van der Waals surface area contributed by atoms with Crippen LogP contribution in [0.15, 0.2) is 43.0 Å². The van der Waals surface area contributed by atoms with Gasteiger partial charge in [-0.1, -0.05) is 0 Å². The third kappa shape index (κ3) is 2.77. The number of aromatic amines is 1. The number of H-pyrrole nitrogens is 1. The first kappa shape index (κ1) is 17.5. The molecule has 0 aliphatic carbocycles. The predicted molar refractivity (Wildman–Crippen MR) is 93.8 cm³/mol.